The zero-order valence-electron chi connectivity index (χ0n) is 8.38. The molecule has 1 aromatic rings. The molecule has 0 bridgehead atoms. The lowest BCUT2D eigenvalue weighted by atomic mass is 9.95. The summed E-state index contributed by atoms with van der Waals surface area (Å²) in [5.74, 6) is 0.784. The third-order valence-electron chi connectivity index (χ3n) is 2.83. The number of hydrogen-bond donors (Lipinski definition) is 1. The van der Waals surface area contributed by atoms with Crippen molar-refractivity contribution in [3.8, 4) is 0 Å². The molecule has 0 saturated carbocycles. The fourth-order valence-electron chi connectivity index (χ4n) is 1.86. The first-order valence-corrected chi connectivity index (χ1v) is 5.80. The van der Waals surface area contributed by atoms with E-state index >= 15 is 0 Å². The van der Waals surface area contributed by atoms with Crippen LogP contribution in [0.4, 0.5) is 4.39 Å². The van der Waals surface area contributed by atoms with Gasteiger partial charge in [0.05, 0.1) is 0 Å². The van der Waals surface area contributed by atoms with Gasteiger partial charge in [-0.2, -0.15) is 11.8 Å². The molecule has 1 nitrogen and oxygen atoms in total. The quantitative estimate of drug-likeness (QED) is 0.714. The van der Waals surface area contributed by atoms with Crippen molar-refractivity contribution in [2.24, 2.45) is 5.73 Å². The summed E-state index contributed by atoms with van der Waals surface area (Å²) in [6, 6.07) is 3.14. The van der Waals surface area contributed by atoms with E-state index in [0.717, 1.165) is 16.9 Å². The van der Waals surface area contributed by atoms with Crippen molar-refractivity contribution in [2.45, 2.75) is 30.9 Å². The molecule has 2 unspecified atom stereocenters. The number of nitrogens with two attached hydrogens (primary N) is 1. The van der Waals surface area contributed by atoms with Crippen molar-refractivity contribution in [1.29, 1.82) is 0 Å². The molecular weight excluding hydrogens is 197 g/mol. The third-order valence-corrected chi connectivity index (χ3v) is 4.10. The minimum absolute atomic E-state index is 0.0295. The highest BCUT2D eigenvalue weighted by molar-refractivity contribution is 7.99. The Hall–Kier alpha value is -0.540. The van der Waals surface area contributed by atoms with E-state index in [9.17, 15) is 4.39 Å². The number of halogens is 1. The van der Waals surface area contributed by atoms with Crippen molar-refractivity contribution in [3.63, 3.8) is 0 Å². The number of thioether (sulfide) groups is 1. The summed E-state index contributed by atoms with van der Waals surface area (Å²) < 4.78 is 13.2. The molecule has 0 spiro atoms. The molecular formula is C11H14FNS. The molecule has 0 radical (unpaired) electrons. The van der Waals surface area contributed by atoms with Gasteiger partial charge in [0.15, 0.2) is 0 Å². The van der Waals surface area contributed by atoms with Crippen LogP contribution < -0.4 is 5.73 Å². The fourth-order valence-corrected chi connectivity index (χ4v) is 3.04. The number of benzene rings is 1. The van der Waals surface area contributed by atoms with Crippen molar-refractivity contribution >= 4 is 11.8 Å². The van der Waals surface area contributed by atoms with Gasteiger partial charge in [-0.05, 0) is 35.7 Å². The Labute approximate surface area is 87.9 Å². The Bertz CT molecular complexity index is 365. The third kappa shape index (κ3) is 1.55. The highest BCUT2D eigenvalue weighted by Gasteiger charge is 2.25. The summed E-state index contributed by atoms with van der Waals surface area (Å²) in [6.45, 7) is 4.05. The lowest BCUT2D eigenvalue weighted by molar-refractivity contribution is 0.613. The van der Waals surface area contributed by atoms with Gasteiger partial charge >= 0.3 is 0 Å². The summed E-state index contributed by atoms with van der Waals surface area (Å²) in [6.07, 6.45) is 0. The van der Waals surface area contributed by atoms with Crippen LogP contribution >= 0.6 is 11.8 Å². The molecule has 14 heavy (non-hydrogen) atoms. The van der Waals surface area contributed by atoms with Crippen molar-refractivity contribution in [1.82, 2.24) is 0 Å². The van der Waals surface area contributed by atoms with Crippen LogP contribution in [-0.4, -0.2) is 5.25 Å². The average Bonchev–Trinajstić information content (AvgIpc) is 2.12. The van der Waals surface area contributed by atoms with Gasteiger partial charge in [0, 0.05) is 17.0 Å². The van der Waals surface area contributed by atoms with Gasteiger partial charge in [-0.15, -0.1) is 0 Å². The summed E-state index contributed by atoms with van der Waals surface area (Å²) in [7, 11) is 0. The van der Waals surface area contributed by atoms with Crippen molar-refractivity contribution in [3.05, 3.63) is 34.6 Å². The fraction of sp³-hybridized carbons (Fsp3) is 0.455. The maximum absolute atomic E-state index is 13.2. The van der Waals surface area contributed by atoms with Gasteiger partial charge < -0.3 is 5.73 Å². The highest BCUT2D eigenvalue weighted by Crippen LogP contribution is 2.37. The van der Waals surface area contributed by atoms with E-state index < -0.39 is 0 Å². The molecule has 2 rings (SSSR count). The van der Waals surface area contributed by atoms with Gasteiger partial charge in [-0.3, -0.25) is 0 Å². The molecule has 2 N–H and O–H groups in total. The van der Waals surface area contributed by atoms with Crippen molar-refractivity contribution < 1.29 is 4.39 Å². The first-order valence-electron chi connectivity index (χ1n) is 4.75. The number of rotatable bonds is 0. The predicted molar refractivity (Wildman–Crippen MR) is 58.8 cm³/mol. The second-order valence-electron chi connectivity index (χ2n) is 3.83. The normalized spacial score (nSPS) is 26.0. The number of hydrogen-bond acceptors (Lipinski definition) is 2. The van der Waals surface area contributed by atoms with E-state index in [1.807, 2.05) is 18.7 Å². The summed E-state index contributed by atoms with van der Waals surface area (Å²) in [5.41, 5.74) is 9.28. The second-order valence-corrected chi connectivity index (χ2v) is 5.20. The second kappa shape index (κ2) is 3.55. The molecule has 1 aromatic carbocycles. The van der Waals surface area contributed by atoms with E-state index in [2.05, 4.69) is 6.92 Å². The Morgan fingerprint density at radius 3 is 2.93 bits per heavy atom. The van der Waals surface area contributed by atoms with E-state index in [4.69, 9.17) is 5.73 Å². The van der Waals surface area contributed by atoms with Crippen LogP contribution in [0.2, 0.25) is 0 Å². The van der Waals surface area contributed by atoms with Crippen LogP contribution in [0.25, 0.3) is 0 Å². The maximum Gasteiger partial charge on any atom is 0.123 e. The molecule has 0 aromatic heterocycles. The SMILES string of the molecule is Cc1cc(F)cc2c1CSC(C)C2N. The van der Waals surface area contributed by atoms with Crippen LogP contribution in [0.1, 0.15) is 29.7 Å². The molecule has 0 amide bonds. The molecule has 76 valence electrons. The molecule has 2 atom stereocenters. The van der Waals surface area contributed by atoms with Crippen LogP contribution in [0, 0.1) is 12.7 Å². The molecule has 3 heteroatoms. The van der Waals surface area contributed by atoms with E-state index in [1.165, 1.54) is 5.56 Å². The zero-order chi connectivity index (χ0) is 10.3. The number of fused-ring (bicyclic) bond motifs is 1. The molecule has 0 aliphatic carbocycles. The van der Waals surface area contributed by atoms with Gasteiger partial charge in [-0.1, -0.05) is 6.92 Å². The van der Waals surface area contributed by atoms with Gasteiger partial charge in [0.2, 0.25) is 0 Å². The Kier molecular flexibility index (Phi) is 2.54. The van der Waals surface area contributed by atoms with E-state index in [1.54, 1.807) is 12.1 Å². The van der Waals surface area contributed by atoms with Gasteiger partial charge in [-0.25, -0.2) is 4.39 Å². The Morgan fingerprint density at radius 2 is 2.21 bits per heavy atom. The molecule has 1 aliphatic rings. The molecule has 0 fully saturated rings. The van der Waals surface area contributed by atoms with E-state index in [0.29, 0.717) is 5.25 Å². The number of aryl methyl sites for hydroxylation is 1. The van der Waals surface area contributed by atoms with Crippen LogP contribution in [0.5, 0.6) is 0 Å². The topological polar surface area (TPSA) is 26.0 Å². The van der Waals surface area contributed by atoms with Crippen molar-refractivity contribution in [2.75, 3.05) is 0 Å². The molecule has 0 saturated heterocycles. The minimum Gasteiger partial charge on any atom is -0.323 e. The standard InChI is InChI=1S/C11H14FNS/c1-6-3-8(12)4-9-10(6)5-14-7(2)11(9)13/h3-4,7,11H,5,13H2,1-2H3. The van der Waals surface area contributed by atoms with Gasteiger partial charge in [0.25, 0.3) is 0 Å². The first kappa shape index (κ1) is 9.99. The monoisotopic (exact) mass is 211 g/mol. The minimum atomic E-state index is -0.171. The summed E-state index contributed by atoms with van der Waals surface area (Å²) in [4.78, 5) is 0. The van der Waals surface area contributed by atoms with Gasteiger partial charge in [0.1, 0.15) is 5.82 Å². The average molecular weight is 211 g/mol. The maximum atomic E-state index is 13.2. The summed E-state index contributed by atoms with van der Waals surface area (Å²) in [5, 5.41) is 0.378. The lowest BCUT2D eigenvalue weighted by Gasteiger charge is -2.29. The smallest absolute Gasteiger partial charge is 0.123 e. The first-order chi connectivity index (χ1) is 6.59. The summed E-state index contributed by atoms with van der Waals surface area (Å²) >= 11 is 1.84. The largest absolute Gasteiger partial charge is 0.323 e. The van der Waals surface area contributed by atoms with Crippen LogP contribution in [-0.2, 0) is 5.75 Å². The predicted octanol–water partition coefficient (Wildman–Crippen LogP) is 2.77. The molecule has 1 heterocycles. The Balaban J connectivity index is 2.54. The van der Waals surface area contributed by atoms with Crippen LogP contribution in [0.3, 0.4) is 0 Å². The van der Waals surface area contributed by atoms with E-state index in [-0.39, 0.29) is 11.9 Å². The Morgan fingerprint density at radius 1 is 1.50 bits per heavy atom. The van der Waals surface area contributed by atoms with Crippen LogP contribution in [0.15, 0.2) is 12.1 Å². The molecule has 1 aliphatic heterocycles. The zero-order valence-corrected chi connectivity index (χ0v) is 9.20. The lowest BCUT2D eigenvalue weighted by Crippen LogP contribution is -2.26. The highest BCUT2D eigenvalue weighted by atomic mass is 32.2.